The van der Waals surface area contributed by atoms with E-state index in [0.717, 1.165) is 36.1 Å². The summed E-state index contributed by atoms with van der Waals surface area (Å²) >= 11 is 0. The Balaban J connectivity index is 0.00000338. The smallest absolute Gasteiger partial charge is 0.191 e. The Hall–Kier alpha value is -1.22. The van der Waals surface area contributed by atoms with Crippen LogP contribution in [0.15, 0.2) is 23.2 Å². The first kappa shape index (κ1) is 22.8. The lowest BCUT2D eigenvalue weighted by Gasteiger charge is -2.26. The van der Waals surface area contributed by atoms with Crippen LogP contribution in [0.4, 0.5) is 0 Å². The van der Waals surface area contributed by atoms with Crippen LogP contribution in [-0.2, 0) is 6.54 Å². The van der Waals surface area contributed by atoms with E-state index >= 15 is 0 Å². The van der Waals surface area contributed by atoms with Crippen LogP contribution in [0.25, 0.3) is 0 Å². The highest BCUT2D eigenvalue weighted by Gasteiger charge is 2.10. The van der Waals surface area contributed by atoms with Crippen molar-refractivity contribution in [1.82, 2.24) is 15.5 Å². The average molecular weight is 476 g/mol. The second-order valence-electron chi connectivity index (χ2n) is 6.17. The fraction of sp³-hybridized carbons (Fsp3) is 0.632. The van der Waals surface area contributed by atoms with E-state index in [2.05, 4.69) is 20.5 Å². The number of piperidine rings is 1. The molecule has 0 aromatic heterocycles. The molecule has 0 spiro atoms. The molecule has 0 bridgehead atoms. The van der Waals surface area contributed by atoms with Crippen molar-refractivity contribution in [3.63, 3.8) is 0 Å². The molecule has 1 fully saturated rings. The Bertz CT molecular complexity index is 548. The number of nitrogens with zero attached hydrogens (tertiary/aromatic N) is 2. The Morgan fingerprint density at radius 1 is 1.15 bits per heavy atom. The topological polar surface area (TPSA) is 58.1 Å². The minimum atomic E-state index is 0. The minimum Gasteiger partial charge on any atom is -0.493 e. The molecule has 0 atom stereocenters. The molecule has 2 rings (SSSR count). The number of aliphatic imine (C=N–C) groups is 1. The van der Waals surface area contributed by atoms with Crippen molar-refractivity contribution in [2.75, 3.05) is 46.9 Å². The van der Waals surface area contributed by atoms with E-state index < -0.39 is 0 Å². The molecular formula is C19H33IN4O2. The SMILES string of the molecule is CCOc1cc(CNC(=NC)NCCN2CCCCC2)ccc1OC.I. The van der Waals surface area contributed by atoms with Gasteiger partial charge in [-0.2, -0.15) is 0 Å². The van der Waals surface area contributed by atoms with Crippen LogP contribution in [0.5, 0.6) is 11.5 Å². The molecule has 0 aliphatic carbocycles. The van der Waals surface area contributed by atoms with Gasteiger partial charge in [-0.05, 0) is 50.6 Å². The maximum atomic E-state index is 5.63. The third-order valence-electron chi connectivity index (χ3n) is 4.38. The summed E-state index contributed by atoms with van der Waals surface area (Å²) in [6, 6.07) is 5.99. The van der Waals surface area contributed by atoms with Crippen LogP contribution in [0.3, 0.4) is 0 Å². The fourth-order valence-electron chi connectivity index (χ4n) is 3.02. The van der Waals surface area contributed by atoms with Crippen molar-refractivity contribution in [3.05, 3.63) is 23.8 Å². The van der Waals surface area contributed by atoms with Crippen molar-refractivity contribution in [2.24, 2.45) is 4.99 Å². The van der Waals surface area contributed by atoms with Crippen LogP contribution in [-0.4, -0.2) is 57.8 Å². The van der Waals surface area contributed by atoms with Gasteiger partial charge in [0.25, 0.3) is 0 Å². The largest absolute Gasteiger partial charge is 0.493 e. The quantitative estimate of drug-likeness (QED) is 0.344. The fourth-order valence-corrected chi connectivity index (χ4v) is 3.02. The van der Waals surface area contributed by atoms with Gasteiger partial charge in [-0.25, -0.2) is 0 Å². The van der Waals surface area contributed by atoms with E-state index in [0.29, 0.717) is 13.2 Å². The molecule has 148 valence electrons. The summed E-state index contributed by atoms with van der Waals surface area (Å²) in [6.07, 6.45) is 4.03. The van der Waals surface area contributed by atoms with E-state index in [9.17, 15) is 0 Å². The second kappa shape index (κ2) is 13.0. The lowest BCUT2D eigenvalue weighted by atomic mass is 10.1. The zero-order chi connectivity index (χ0) is 17.9. The first-order chi connectivity index (χ1) is 12.3. The van der Waals surface area contributed by atoms with Gasteiger partial charge in [0.2, 0.25) is 0 Å². The number of nitrogens with one attached hydrogen (secondary N) is 2. The van der Waals surface area contributed by atoms with Crippen LogP contribution < -0.4 is 20.1 Å². The van der Waals surface area contributed by atoms with Crippen LogP contribution in [0, 0.1) is 0 Å². The Morgan fingerprint density at radius 3 is 2.58 bits per heavy atom. The number of benzene rings is 1. The number of guanidine groups is 1. The number of methoxy groups -OCH3 is 1. The Labute approximate surface area is 174 Å². The first-order valence-corrected chi connectivity index (χ1v) is 9.23. The number of rotatable bonds is 8. The summed E-state index contributed by atoms with van der Waals surface area (Å²) < 4.78 is 11.0. The summed E-state index contributed by atoms with van der Waals surface area (Å²) in [7, 11) is 3.46. The summed E-state index contributed by atoms with van der Waals surface area (Å²) in [5.41, 5.74) is 1.13. The van der Waals surface area contributed by atoms with Crippen LogP contribution >= 0.6 is 24.0 Å². The number of hydrogen-bond donors (Lipinski definition) is 2. The van der Waals surface area contributed by atoms with Crippen molar-refractivity contribution >= 4 is 29.9 Å². The molecule has 1 aliphatic rings. The van der Waals surface area contributed by atoms with Crippen molar-refractivity contribution in [3.8, 4) is 11.5 Å². The van der Waals surface area contributed by atoms with Gasteiger partial charge in [-0.15, -0.1) is 24.0 Å². The molecule has 1 saturated heterocycles. The van der Waals surface area contributed by atoms with E-state index in [1.807, 2.05) is 25.1 Å². The van der Waals surface area contributed by atoms with Crippen LogP contribution in [0.1, 0.15) is 31.7 Å². The molecule has 1 aliphatic heterocycles. The number of hydrogen-bond acceptors (Lipinski definition) is 4. The summed E-state index contributed by atoms with van der Waals surface area (Å²) in [5, 5.41) is 6.74. The number of halogens is 1. The number of likely N-dealkylation sites (tertiary alicyclic amines) is 1. The van der Waals surface area contributed by atoms with Crippen molar-refractivity contribution in [2.45, 2.75) is 32.7 Å². The van der Waals surface area contributed by atoms with E-state index in [-0.39, 0.29) is 24.0 Å². The zero-order valence-electron chi connectivity index (χ0n) is 16.2. The predicted octanol–water partition coefficient (Wildman–Crippen LogP) is 2.86. The third-order valence-corrected chi connectivity index (χ3v) is 4.38. The predicted molar refractivity (Wildman–Crippen MR) is 118 cm³/mol. The average Bonchev–Trinajstić information content (AvgIpc) is 2.66. The third kappa shape index (κ3) is 7.57. The molecule has 1 heterocycles. The molecule has 1 aromatic carbocycles. The molecule has 0 unspecified atom stereocenters. The molecule has 6 nitrogen and oxygen atoms in total. The number of ether oxygens (including phenoxy) is 2. The Kier molecular flexibility index (Phi) is 11.4. The first-order valence-electron chi connectivity index (χ1n) is 9.23. The standard InChI is InChI=1S/C19H32N4O2.HI/c1-4-25-18-14-16(8-9-17(18)24-3)15-22-19(20-2)21-10-13-23-11-6-5-7-12-23;/h8-9,14H,4-7,10-13,15H2,1-3H3,(H2,20,21,22);1H. The highest BCUT2D eigenvalue weighted by molar-refractivity contribution is 14.0. The molecule has 7 heteroatoms. The van der Waals surface area contributed by atoms with Gasteiger partial charge in [-0.1, -0.05) is 12.5 Å². The lowest BCUT2D eigenvalue weighted by molar-refractivity contribution is 0.232. The van der Waals surface area contributed by atoms with Crippen molar-refractivity contribution in [1.29, 1.82) is 0 Å². The van der Waals surface area contributed by atoms with Gasteiger partial charge in [-0.3, -0.25) is 4.99 Å². The molecular weight excluding hydrogens is 443 g/mol. The minimum absolute atomic E-state index is 0. The molecule has 0 radical (unpaired) electrons. The second-order valence-corrected chi connectivity index (χ2v) is 6.17. The highest BCUT2D eigenvalue weighted by Crippen LogP contribution is 2.27. The Morgan fingerprint density at radius 2 is 1.92 bits per heavy atom. The lowest BCUT2D eigenvalue weighted by Crippen LogP contribution is -2.42. The summed E-state index contributed by atoms with van der Waals surface area (Å²) in [6.45, 7) is 7.70. The molecule has 0 amide bonds. The molecule has 0 saturated carbocycles. The molecule has 26 heavy (non-hydrogen) atoms. The van der Waals surface area contributed by atoms with Crippen molar-refractivity contribution < 1.29 is 9.47 Å². The van der Waals surface area contributed by atoms with E-state index in [4.69, 9.17) is 9.47 Å². The van der Waals surface area contributed by atoms with Gasteiger partial charge in [0, 0.05) is 26.7 Å². The van der Waals surface area contributed by atoms with Gasteiger partial charge in [0.1, 0.15) is 0 Å². The van der Waals surface area contributed by atoms with Gasteiger partial charge in [0.05, 0.1) is 13.7 Å². The molecule has 1 aromatic rings. The normalized spacial score (nSPS) is 15.1. The van der Waals surface area contributed by atoms with E-state index in [1.165, 1.54) is 32.4 Å². The highest BCUT2D eigenvalue weighted by atomic mass is 127. The summed E-state index contributed by atoms with van der Waals surface area (Å²) in [5.74, 6) is 2.36. The zero-order valence-corrected chi connectivity index (χ0v) is 18.5. The molecule has 2 N–H and O–H groups in total. The van der Waals surface area contributed by atoms with Gasteiger partial charge < -0.3 is 25.0 Å². The summed E-state index contributed by atoms with van der Waals surface area (Å²) in [4.78, 5) is 6.81. The van der Waals surface area contributed by atoms with E-state index in [1.54, 1.807) is 14.2 Å². The monoisotopic (exact) mass is 476 g/mol. The van der Waals surface area contributed by atoms with Gasteiger partial charge >= 0.3 is 0 Å². The maximum absolute atomic E-state index is 5.63. The maximum Gasteiger partial charge on any atom is 0.191 e. The van der Waals surface area contributed by atoms with Gasteiger partial charge in [0.15, 0.2) is 17.5 Å². The van der Waals surface area contributed by atoms with Crippen LogP contribution in [0.2, 0.25) is 0 Å².